The van der Waals surface area contributed by atoms with Crippen molar-refractivity contribution < 1.29 is 14.3 Å². The Hall–Kier alpha value is -3.08. The molecular formula is C25H20Br2N2O3. The van der Waals surface area contributed by atoms with Crippen molar-refractivity contribution >= 4 is 49.5 Å². The third-order valence-electron chi connectivity index (χ3n) is 4.65. The molecule has 0 aliphatic heterocycles. The molecule has 162 valence electrons. The molecule has 0 heterocycles. The van der Waals surface area contributed by atoms with Gasteiger partial charge in [-0.3, -0.25) is 4.79 Å². The predicted molar refractivity (Wildman–Crippen MR) is 133 cm³/mol. The number of methoxy groups -OCH3 is 1. The van der Waals surface area contributed by atoms with Crippen molar-refractivity contribution in [1.29, 1.82) is 5.26 Å². The van der Waals surface area contributed by atoms with E-state index in [9.17, 15) is 10.1 Å². The van der Waals surface area contributed by atoms with Crippen LogP contribution in [0.25, 0.3) is 6.08 Å². The lowest BCUT2D eigenvalue weighted by Gasteiger charge is -2.13. The molecule has 0 atom stereocenters. The number of hydrogen-bond acceptors (Lipinski definition) is 4. The Morgan fingerprint density at radius 3 is 2.47 bits per heavy atom. The Kier molecular flexibility index (Phi) is 8.09. The first-order valence-corrected chi connectivity index (χ1v) is 11.2. The topological polar surface area (TPSA) is 71.3 Å². The van der Waals surface area contributed by atoms with Gasteiger partial charge >= 0.3 is 0 Å². The summed E-state index contributed by atoms with van der Waals surface area (Å²) in [5.41, 5.74) is 3.17. The van der Waals surface area contributed by atoms with E-state index in [4.69, 9.17) is 9.47 Å². The zero-order chi connectivity index (χ0) is 23.1. The van der Waals surface area contributed by atoms with Crippen molar-refractivity contribution in [3.05, 3.63) is 91.9 Å². The van der Waals surface area contributed by atoms with Crippen molar-refractivity contribution in [3.8, 4) is 17.6 Å². The zero-order valence-corrected chi connectivity index (χ0v) is 20.7. The number of aryl methyl sites for hydroxylation is 1. The highest BCUT2D eigenvalue weighted by Crippen LogP contribution is 2.35. The third-order valence-corrected chi connectivity index (χ3v) is 5.86. The summed E-state index contributed by atoms with van der Waals surface area (Å²) in [5.74, 6) is 0.554. The van der Waals surface area contributed by atoms with Crippen LogP contribution in [0.2, 0.25) is 0 Å². The van der Waals surface area contributed by atoms with E-state index in [1.54, 1.807) is 25.3 Å². The average molecular weight is 556 g/mol. The largest absolute Gasteiger partial charge is 0.493 e. The van der Waals surface area contributed by atoms with E-state index in [-0.39, 0.29) is 5.57 Å². The van der Waals surface area contributed by atoms with Gasteiger partial charge in [0.25, 0.3) is 5.91 Å². The van der Waals surface area contributed by atoms with E-state index in [1.165, 1.54) is 6.08 Å². The van der Waals surface area contributed by atoms with Crippen LogP contribution in [0.4, 0.5) is 5.69 Å². The maximum atomic E-state index is 12.6. The number of amides is 1. The summed E-state index contributed by atoms with van der Waals surface area (Å²) in [6.45, 7) is 2.26. The quantitative estimate of drug-likeness (QED) is 0.261. The monoisotopic (exact) mass is 554 g/mol. The summed E-state index contributed by atoms with van der Waals surface area (Å²) in [5, 5.41) is 12.3. The number of benzene rings is 3. The van der Waals surface area contributed by atoms with Gasteiger partial charge in [0.2, 0.25) is 0 Å². The Morgan fingerprint density at radius 2 is 1.81 bits per heavy atom. The third kappa shape index (κ3) is 6.00. The smallest absolute Gasteiger partial charge is 0.266 e. The van der Waals surface area contributed by atoms with Crippen molar-refractivity contribution in [1.82, 2.24) is 0 Å². The van der Waals surface area contributed by atoms with Gasteiger partial charge in [-0.15, -0.1) is 0 Å². The highest BCUT2D eigenvalue weighted by Gasteiger charge is 2.14. The first-order valence-electron chi connectivity index (χ1n) is 9.65. The fraction of sp³-hybridized carbons (Fsp3) is 0.120. The number of anilines is 1. The molecule has 0 unspecified atom stereocenters. The number of nitrogens with one attached hydrogen (secondary N) is 1. The minimum absolute atomic E-state index is 0.0282. The van der Waals surface area contributed by atoms with E-state index in [2.05, 4.69) is 37.2 Å². The fourth-order valence-corrected chi connectivity index (χ4v) is 3.58. The van der Waals surface area contributed by atoms with Crippen LogP contribution in [0, 0.1) is 18.3 Å². The lowest BCUT2D eigenvalue weighted by atomic mass is 10.1. The Balaban J connectivity index is 1.82. The molecule has 0 radical (unpaired) electrons. The van der Waals surface area contributed by atoms with Gasteiger partial charge in [0.1, 0.15) is 18.2 Å². The van der Waals surface area contributed by atoms with Crippen molar-refractivity contribution in [3.63, 3.8) is 0 Å². The number of carbonyl (C=O) groups is 1. The van der Waals surface area contributed by atoms with Gasteiger partial charge in [-0.25, -0.2) is 0 Å². The van der Waals surface area contributed by atoms with Crippen molar-refractivity contribution in [2.75, 3.05) is 12.4 Å². The first kappa shape index (κ1) is 23.6. The molecule has 3 aromatic rings. The molecule has 7 heteroatoms. The Bertz CT molecular complexity index is 1200. The van der Waals surface area contributed by atoms with Crippen molar-refractivity contribution in [2.24, 2.45) is 0 Å². The zero-order valence-electron chi connectivity index (χ0n) is 17.5. The second kappa shape index (κ2) is 11.0. The van der Waals surface area contributed by atoms with Gasteiger partial charge in [-0.2, -0.15) is 5.26 Å². The summed E-state index contributed by atoms with van der Waals surface area (Å²) in [6, 6.07) is 20.7. The molecule has 0 spiro atoms. The second-order valence-corrected chi connectivity index (χ2v) is 8.65. The fourth-order valence-electron chi connectivity index (χ4n) is 2.88. The molecule has 1 N–H and O–H groups in total. The molecule has 0 aliphatic carbocycles. The molecule has 1 amide bonds. The van der Waals surface area contributed by atoms with Gasteiger partial charge < -0.3 is 14.8 Å². The van der Waals surface area contributed by atoms with Crippen LogP contribution in [-0.4, -0.2) is 13.0 Å². The summed E-state index contributed by atoms with van der Waals surface area (Å²) in [4.78, 5) is 12.6. The normalized spacial score (nSPS) is 10.9. The van der Waals surface area contributed by atoms with E-state index in [1.807, 2.05) is 55.5 Å². The number of nitriles is 1. The van der Waals surface area contributed by atoms with Crippen LogP contribution in [-0.2, 0) is 11.4 Å². The summed E-state index contributed by atoms with van der Waals surface area (Å²) in [6.07, 6.45) is 1.51. The minimum atomic E-state index is -0.483. The minimum Gasteiger partial charge on any atom is -0.493 e. The van der Waals surface area contributed by atoms with E-state index < -0.39 is 5.91 Å². The molecule has 0 bridgehead atoms. The molecular weight excluding hydrogens is 536 g/mol. The molecule has 0 saturated carbocycles. The van der Waals surface area contributed by atoms with Crippen LogP contribution in [0.3, 0.4) is 0 Å². The Morgan fingerprint density at radius 1 is 1.09 bits per heavy atom. The van der Waals surface area contributed by atoms with E-state index in [0.29, 0.717) is 33.8 Å². The van der Waals surface area contributed by atoms with E-state index in [0.717, 1.165) is 15.6 Å². The van der Waals surface area contributed by atoms with Gasteiger partial charge in [0.05, 0.1) is 7.11 Å². The molecule has 0 fully saturated rings. The van der Waals surface area contributed by atoms with Gasteiger partial charge in [0, 0.05) is 14.6 Å². The van der Waals surface area contributed by atoms with Crippen LogP contribution in [0.15, 0.2) is 75.2 Å². The van der Waals surface area contributed by atoms with Crippen molar-refractivity contribution in [2.45, 2.75) is 13.5 Å². The Labute approximate surface area is 203 Å². The first-order chi connectivity index (χ1) is 15.4. The number of ether oxygens (including phenoxy) is 2. The summed E-state index contributed by atoms with van der Waals surface area (Å²) < 4.78 is 13.1. The van der Waals surface area contributed by atoms with Crippen LogP contribution >= 0.6 is 31.9 Å². The highest BCUT2D eigenvalue weighted by atomic mass is 79.9. The van der Waals surface area contributed by atoms with Gasteiger partial charge in [-0.1, -0.05) is 62.2 Å². The lowest BCUT2D eigenvalue weighted by Crippen LogP contribution is -2.14. The number of para-hydroxylation sites is 1. The molecule has 3 rings (SSSR count). The maximum Gasteiger partial charge on any atom is 0.266 e. The van der Waals surface area contributed by atoms with Crippen LogP contribution in [0.1, 0.15) is 16.7 Å². The van der Waals surface area contributed by atoms with Gasteiger partial charge in [0.15, 0.2) is 11.5 Å². The molecule has 3 aromatic carbocycles. The number of carbonyl (C=O) groups excluding carboxylic acids is 1. The number of halogens is 2. The summed E-state index contributed by atoms with van der Waals surface area (Å²) in [7, 11) is 1.54. The average Bonchev–Trinajstić information content (AvgIpc) is 2.79. The SMILES string of the molecule is COc1cc(/C=C(/C#N)C(=O)Nc2ccccc2C)c(Br)cc1OCc1ccc(Br)cc1. The maximum absolute atomic E-state index is 12.6. The lowest BCUT2D eigenvalue weighted by molar-refractivity contribution is -0.112. The molecule has 5 nitrogen and oxygen atoms in total. The van der Waals surface area contributed by atoms with Crippen LogP contribution < -0.4 is 14.8 Å². The number of hydrogen-bond donors (Lipinski definition) is 1. The van der Waals surface area contributed by atoms with E-state index >= 15 is 0 Å². The molecule has 32 heavy (non-hydrogen) atoms. The number of rotatable bonds is 7. The molecule has 0 saturated heterocycles. The number of nitrogens with zero attached hydrogens (tertiary/aromatic N) is 1. The predicted octanol–water partition coefficient (Wildman–Crippen LogP) is 6.65. The second-order valence-electron chi connectivity index (χ2n) is 6.88. The van der Waals surface area contributed by atoms with Crippen LogP contribution in [0.5, 0.6) is 11.5 Å². The van der Waals surface area contributed by atoms with Gasteiger partial charge in [-0.05, 0) is 60.0 Å². The summed E-state index contributed by atoms with van der Waals surface area (Å²) >= 11 is 6.92. The molecule has 0 aromatic heterocycles. The molecule has 0 aliphatic rings. The standard InChI is InChI=1S/C25H20Br2N2O3/c1-16-5-3-4-6-22(16)29-25(30)19(14-28)11-18-12-23(31-2)24(13-21(18)27)32-15-17-7-9-20(26)10-8-17/h3-13H,15H2,1-2H3,(H,29,30)/b19-11-. The highest BCUT2D eigenvalue weighted by molar-refractivity contribution is 9.10.